The fraction of sp³-hybridized carbons (Fsp3) is 0.647. The van der Waals surface area contributed by atoms with Crippen LogP contribution < -0.4 is 10.2 Å². The smallest absolute Gasteiger partial charge is 0.497 e. The zero-order valence-corrected chi connectivity index (χ0v) is 14.3. The summed E-state index contributed by atoms with van der Waals surface area (Å²) in [6.07, 6.45) is 1.04. The first-order chi connectivity index (χ1) is 9.66. The van der Waals surface area contributed by atoms with E-state index in [-0.39, 0.29) is 18.3 Å². The number of hydrogen-bond donors (Lipinski definition) is 0. The molecule has 0 saturated carbocycles. The van der Waals surface area contributed by atoms with Crippen molar-refractivity contribution in [1.82, 2.24) is 0 Å². The summed E-state index contributed by atoms with van der Waals surface area (Å²) in [4.78, 5) is 0. The standard InChI is InChI=1S/C17H27BO3/c1-12(2)10-13-8-9-15(19-7)14(11-13)18-20-16(3,4)17(5,6)21-18/h8-9,11-12H,10H2,1-7H3. The summed E-state index contributed by atoms with van der Waals surface area (Å²) in [5.41, 5.74) is 1.60. The predicted octanol–water partition coefficient (Wildman–Crippen LogP) is 3.19. The number of benzene rings is 1. The van der Waals surface area contributed by atoms with Crippen molar-refractivity contribution in [2.24, 2.45) is 5.92 Å². The Labute approximate surface area is 129 Å². The highest BCUT2D eigenvalue weighted by molar-refractivity contribution is 6.63. The van der Waals surface area contributed by atoms with Gasteiger partial charge in [0.15, 0.2) is 0 Å². The molecule has 3 nitrogen and oxygen atoms in total. The van der Waals surface area contributed by atoms with Crippen LogP contribution in [0, 0.1) is 5.92 Å². The van der Waals surface area contributed by atoms with E-state index in [1.807, 2.05) is 6.07 Å². The summed E-state index contributed by atoms with van der Waals surface area (Å²) in [5.74, 6) is 1.44. The van der Waals surface area contributed by atoms with Crippen LogP contribution in [0.3, 0.4) is 0 Å². The Morgan fingerprint density at radius 2 is 1.67 bits per heavy atom. The van der Waals surface area contributed by atoms with Crippen molar-refractivity contribution >= 4 is 12.6 Å². The SMILES string of the molecule is COc1ccc(CC(C)C)cc1B1OC(C)(C)C(C)(C)O1. The highest BCUT2D eigenvalue weighted by Crippen LogP contribution is 2.37. The first-order valence-electron chi connectivity index (χ1n) is 7.69. The zero-order chi connectivity index (χ0) is 15.8. The second-order valence-corrected chi connectivity index (χ2v) is 7.26. The average molecular weight is 290 g/mol. The van der Waals surface area contributed by atoms with Crippen molar-refractivity contribution in [3.63, 3.8) is 0 Å². The van der Waals surface area contributed by atoms with E-state index < -0.39 is 0 Å². The van der Waals surface area contributed by atoms with Gasteiger partial charge >= 0.3 is 7.12 Å². The highest BCUT2D eigenvalue weighted by Gasteiger charge is 2.52. The van der Waals surface area contributed by atoms with Gasteiger partial charge in [-0.2, -0.15) is 0 Å². The lowest BCUT2D eigenvalue weighted by Crippen LogP contribution is -2.41. The Morgan fingerprint density at radius 1 is 1.10 bits per heavy atom. The molecular formula is C17H27BO3. The van der Waals surface area contributed by atoms with Crippen LogP contribution in [0.15, 0.2) is 18.2 Å². The maximum absolute atomic E-state index is 6.15. The van der Waals surface area contributed by atoms with Crippen molar-refractivity contribution in [2.45, 2.75) is 59.2 Å². The minimum atomic E-state index is -0.378. The Kier molecular flexibility index (Phi) is 4.41. The first kappa shape index (κ1) is 16.4. The fourth-order valence-corrected chi connectivity index (χ4v) is 2.54. The maximum Gasteiger partial charge on any atom is 0.498 e. The summed E-state index contributed by atoms with van der Waals surface area (Å²) in [6.45, 7) is 12.7. The molecule has 21 heavy (non-hydrogen) atoms. The Bertz CT molecular complexity index is 493. The van der Waals surface area contributed by atoms with E-state index in [1.54, 1.807) is 7.11 Å². The molecule has 0 unspecified atom stereocenters. The van der Waals surface area contributed by atoms with E-state index in [0.29, 0.717) is 5.92 Å². The second kappa shape index (κ2) is 5.66. The molecule has 0 bridgehead atoms. The molecule has 1 aromatic rings. The summed E-state index contributed by atoms with van der Waals surface area (Å²) in [7, 11) is 1.31. The van der Waals surface area contributed by atoms with Crippen LogP contribution >= 0.6 is 0 Å². The van der Waals surface area contributed by atoms with E-state index in [9.17, 15) is 0 Å². The van der Waals surface area contributed by atoms with E-state index in [2.05, 4.69) is 53.7 Å². The third-order valence-electron chi connectivity index (χ3n) is 4.45. The average Bonchev–Trinajstić information content (AvgIpc) is 2.57. The van der Waals surface area contributed by atoms with E-state index >= 15 is 0 Å². The van der Waals surface area contributed by atoms with Gasteiger partial charge in [0, 0.05) is 5.46 Å². The van der Waals surface area contributed by atoms with E-state index in [0.717, 1.165) is 17.6 Å². The Balaban J connectivity index is 2.34. The number of ether oxygens (including phenoxy) is 1. The predicted molar refractivity (Wildman–Crippen MR) is 87.3 cm³/mol. The molecule has 1 saturated heterocycles. The molecule has 1 heterocycles. The summed E-state index contributed by atoms with van der Waals surface area (Å²) in [6, 6.07) is 6.28. The number of hydrogen-bond acceptors (Lipinski definition) is 3. The van der Waals surface area contributed by atoms with Gasteiger partial charge in [0.2, 0.25) is 0 Å². The van der Waals surface area contributed by atoms with Crippen molar-refractivity contribution in [1.29, 1.82) is 0 Å². The van der Waals surface area contributed by atoms with Gasteiger partial charge in [-0.05, 0) is 51.7 Å². The van der Waals surface area contributed by atoms with Crippen LogP contribution in [0.25, 0.3) is 0 Å². The molecule has 116 valence electrons. The van der Waals surface area contributed by atoms with Crippen molar-refractivity contribution in [2.75, 3.05) is 7.11 Å². The molecule has 0 aromatic heterocycles. The molecule has 4 heteroatoms. The fourth-order valence-electron chi connectivity index (χ4n) is 2.54. The summed E-state index contributed by atoms with van der Waals surface area (Å²) >= 11 is 0. The maximum atomic E-state index is 6.15. The molecule has 0 N–H and O–H groups in total. The topological polar surface area (TPSA) is 27.7 Å². The van der Waals surface area contributed by atoms with Crippen LogP contribution in [0.4, 0.5) is 0 Å². The van der Waals surface area contributed by atoms with Crippen LogP contribution in [-0.4, -0.2) is 25.4 Å². The lowest BCUT2D eigenvalue weighted by Gasteiger charge is -2.32. The third-order valence-corrected chi connectivity index (χ3v) is 4.45. The molecule has 0 radical (unpaired) electrons. The van der Waals surface area contributed by atoms with Gasteiger partial charge in [-0.3, -0.25) is 0 Å². The molecular weight excluding hydrogens is 263 g/mol. The molecule has 0 aliphatic carbocycles. The van der Waals surface area contributed by atoms with E-state index in [4.69, 9.17) is 14.0 Å². The van der Waals surface area contributed by atoms with Gasteiger partial charge in [0.25, 0.3) is 0 Å². The third kappa shape index (κ3) is 3.27. The minimum Gasteiger partial charge on any atom is -0.497 e. The Morgan fingerprint density at radius 3 is 2.14 bits per heavy atom. The van der Waals surface area contributed by atoms with Crippen LogP contribution in [0.2, 0.25) is 0 Å². The van der Waals surface area contributed by atoms with Crippen molar-refractivity contribution < 1.29 is 14.0 Å². The normalized spacial score (nSPS) is 20.1. The second-order valence-electron chi connectivity index (χ2n) is 7.26. The van der Waals surface area contributed by atoms with E-state index in [1.165, 1.54) is 5.56 Å². The largest absolute Gasteiger partial charge is 0.498 e. The first-order valence-corrected chi connectivity index (χ1v) is 7.69. The van der Waals surface area contributed by atoms with Gasteiger partial charge in [-0.15, -0.1) is 0 Å². The molecule has 2 rings (SSSR count). The summed E-state index contributed by atoms with van der Waals surface area (Å²) < 4.78 is 17.8. The molecule has 0 amide bonds. The van der Waals surface area contributed by atoms with Crippen LogP contribution in [-0.2, 0) is 15.7 Å². The van der Waals surface area contributed by atoms with Crippen molar-refractivity contribution in [3.05, 3.63) is 23.8 Å². The molecule has 0 spiro atoms. The minimum absolute atomic E-state index is 0.337. The van der Waals surface area contributed by atoms with Crippen LogP contribution in [0.5, 0.6) is 5.75 Å². The van der Waals surface area contributed by atoms with Gasteiger partial charge < -0.3 is 14.0 Å². The molecule has 1 aromatic carbocycles. The Hall–Kier alpha value is -0.995. The van der Waals surface area contributed by atoms with Gasteiger partial charge in [-0.1, -0.05) is 26.0 Å². The molecule has 1 fully saturated rings. The number of rotatable bonds is 4. The monoisotopic (exact) mass is 290 g/mol. The van der Waals surface area contributed by atoms with Gasteiger partial charge in [-0.25, -0.2) is 0 Å². The van der Waals surface area contributed by atoms with Gasteiger partial charge in [0.05, 0.1) is 18.3 Å². The molecule has 1 aliphatic heterocycles. The quantitative estimate of drug-likeness (QED) is 0.797. The highest BCUT2D eigenvalue weighted by atomic mass is 16.7. The number of methoxy groups -OCH3 is 1. The zero-order valence-electron chi connectivity index (χ0n) is 14.3. The molecule has 1 aliphatic rings. The van der Waals surface area contributed by atoms with Gasteiger partial charge in [0.1, 0.15) is 5.75 Å². The van der Waals surface area contributed by atoms with Crippen molar-refractivity contribution in [3.8, 4) is 5.75 Å². The van der Waals surface area contributed by atoms with Crippen LogP contribution in [0.1, 0.15) is 47.1 Å². The summed E-state index contributed by atoms with van der Waals surface area (Å²) in [5, 5.41) is 0. The lowest BCUT2D eigenvalue weighted by molar-refractivity contribution is 0.00578. The molecule has 0 atom stereocenters. The lowest BCUT2D eigenvalue weighted by atomic mass is 9.77.